The molecule has 0 bridgehead atoms. The van der Waals surface area contributed by atoms with Gasteiger partial charge in [0, 0.05) is 45.8 Å². The second-order valence-electron chi connectivity index (χ2n) is 10.5. The first-order valence-electron chi connectivity index (χ1n) is 14.8. The molecular weight excluding hydrogens is 554 g/mol. The molecule has 0 radical (unpaired) electrons. The van der Waals surface area contributed by atoms with Crippen molar-refractivity contribution in [1.29, 1.82) is 5.26 Å². The fourth-order valence-electron chi connectivity index (χ4n) is 5.00. The molecule has 0 atom stereocenters. The van der Waals surface area contributed by atoms with Crippen LogP contribution in [0.5, 0.6) is 11.6 Å². The average Bonchev–Trinajstić information content (AvgIpc) is 3.03. The average molecular weight is 594 g/mol. The first-order valence-corrected chi connectivity index (χ1v) is 14.8. The van der Waals surface area contributed by atoms with Gasteiger partial charge < -0.3 is 19.9 Å². The van der Waals surface area contributed by atoms with E-state index in [0.717, 1.165) is 60.7 Å². The van der Waals surface area contributed by atoms with Crippen molar-refractivity contribution in [2.24, 2.45) is 0 Å². The van der Waals surface area contributed by atoms with Crippen molar-refractivity contribution in [3.8, 4) is 17.7 Å². The predicted octanol–water partition coefficient (Wildman–Crippen LogP) is 6.67. The Morgan fingerprint density at radius 3 is 2.27 bits per heavy atom. The molecule has 2 N–H and O–H groups in total. The lowest BCUT2D eigenvalue weighted by Crippen LogP contribution is -2.31. The molecule has 0 saturated heterocycles. The molecule has 4 aromatic rings. The molecule has 0 aliphatic carbocycles. The van der Waals surface area contributed by atoms with Crippen molar-refractivity contribution < 1.29 is 19.4 Å². The number of nitrogens with zero attached hydrogens (tertiary/aromatic N) is 4. The summed E-state index contributed by atoms with van der Waals surface area (Å²) in [5.74, 6) is 0.679. The van der Waals surface area contributed by atoms with Gasteiger partial charge in [-0.1, -0.05) is 42.5 Å². The molecule has 1 aliphatic heterocycles. The van der Waals surface area contributed by atoms with Crippen LogP contribution in [0.3, 0.4) is 0 Å². The molecule has 0 saturated carbocycles. The lowest BCUT2D eigenvalue weighted by atomic mass is 10.0. The molecule has 2 heterocycles. The zero-order valence-corrected chi connectivity index (χ0v) is 25.8. The fraction of sp³-hybridized carbons (Fsp3) is 0.314. The van der Waals surface area contributed by atoms with Crippen molar-refractivity contribution in [2.45, 2.75) is 53.8 Å². The quantitative estimate of drug-likeness (QED) is 0.208. The second kappa shape index (κ2) is 15.6. The van der Waals surface area contributed by atoms with E-state index >= 15 is 0 Å². The highest BCUT2D eigenvalue weighted by Crippen LogP contribution is 2.34. The molecule has 1 aromatic heterocycles. The lowest BCUT2D eigenvalue weighted by molar-refractivity contribution is 0.0697. The maximum atomic E-state index is 11.2. The smallest absolute Gasteiger partial charge is 0.335 e. The zero-order chi connectivity index (χ0) is 31.5. The number of rotatable bonds is 10. The van der Waals surface area contributed by atoms with Gasteiger partial charge in [0.1, 0.15) is 5.75 Å². The number of carboxylic acid groups (broad SMARTS) is 1. The normalized spacial score (nSPS) is 12.3. The summed E-state index contributed by atoms with van der Waals surface area (Å²) in [5, 5.41) is 21.8. The largest absolute Gasteiger partial charge is 0.478 e. The van der Waals surface area contributed by atoms with Crippen molar-refractivity contribution in [1.82, 2.24) is 14.9 Å². The third-order valence-corrected chi connectivity index (χ3v) is 7.20. The number of aryl methyl sites for hydroxylation is 2. The van der Waals surface area contributed by atoms with Crippen molar-refractivity contribution in [2.75, 3.05) is 25.1 Å². The van der Waals surface area contributed by atoms with Crippen molar-refractivity contribution in [3.63, 3.8) is 0 Å². The Hall–Kier alpha value is -4.78. The molecule has 3 aromatic carbocycles. The van der Waals surface area contributed by atoms with Crippen LogP contribution in [0.25, 0.3) is 0 Å². The van der Waals surface area contributed by atoms with E-state index in [1.807, 2.05) is 45.9 Å². The highest BCUT2D eigenvalue weighted by molar-refractivity contribution is 5.87. The topological polar surface area (TPSA) is 121 Å². The van der Waals surface area contributed by atoms with E-state index in [1.165, 1.54) is 5.56 Å². The number of carbonyl (C=O) groups is 1. The van der Waals surface area contributed by atoms with Crippen molar-refractivity contribution >= 4 is 11.9 Å². The fourth-order valence-corrected chi connectivity index (χ4v) is 5.00. The van der Waals surface area contributed by atoms with Gasteiger partial charge in [0.2, 0.25) is 11.8 Å². The Labute approximate surface area is 259 Å². The van der Waals surface area contributed by atoms with Gasteiger partial charge in [0.25, 0.3) is 0 Å². The number of fused-ring (bicyclic) bond motifs is 1. The van der Waals surface area contributed by atoms with E-state index in [1.54, 1.807) is 24.3 Å². The minimum atomic E-state index is -0.955. The van der Waals surface area contributed by atoms with Crippen LogP contribution in [-0.2, 0) is 30.8 Å². The third kappa shape index (κ3) is 8.63. The maximum Gasteiger partial charge on any atom is 0.335 e. The van der Waals surface area contributed by atoms with E-state index in [-0.39, 0.29) is 5.56 Å². The number of aromatic nitrogens is 2. The number of benzene rings is 3. The summed E-state index contributed by atoms with van der Waals surface area (Å²) < 4.78 is 11.3. The van der Waals surface area contributed by atoms with E-state index in [9.17, 15) is 10.1 Å². The van der Waals surface area contributed by atoms with Crippen LogP contribution in [0.15, 0.2) is 66.7 Å². The summed E-state index contributed by atoms with van der Waals surface area (Å²) in [6.07, 6.45) is 0.758. The number of ether oxygens (including phenoxy) is 2. The van der Waals surface area contributed by atoms with Gasteiger partial charge in [0.15, 0.2) is 0 Å². The first-order chi connectivity index (χ1) is 21.3. The predicted molar refractivity (Wildman–Crippen MR) is 170 cm³/mol. The number of hydrogen-bond acceptors (Lipinski definition) is 8. The van der Waals surface area contributed by atoms with Crippen LogP contribution in [0.2, 0.25) is 0 Å². The minimum Gasteiger partial charge on any atom is -0.478 e. The zero-order valence-electron chi connectivity index (χ0n) is 25.8. The van der Waals surface area contributed by atoms with Crippen LogP contribution >= 0.6 is 0 Å². The van der Waals surface area contributed by atoms with Gasteiger partial charge in [-0.2, -0.15) is 10.2 Å². The first kappa shape index (κ1) is 32.1. The van der Waals surface area contributed by atoms with Gasteiger partial charge in [-0.3, -0.25) is 4.90 Å². The summed E-state index contributed by atoms with van der Waals surface area (Å²) >= 11 is 0. The number of anilines is 1. The summed E-state index contributed by atoms with van der Waals surface area (Å²) in [7, 11) is 0. The van der Waals surface area contributed by atoms with E-state index < -0.39 is 5.97 Å². The minimum absolute atomic E-state index is 0.243. The summed E-state index contributed by atoms with van der Waals surface area (Å²) in [4.78, 5) is 23.1. The number of nitriles is 1. The highest BCUT2D eigenvalue weighted by Gasteiger charge is 2.25. The van der Waals surface area contributed by atoms with Gasteiger partial charge in [-0.05, 0) is 74.2 Å². The molecule has 5 rings (SSSR count). The Balaban J connectivity index is 0.000000818. The van der Waals surface area contributed by atoms with Gasteiger partial charge in [-0.25, -0.2) is 9.78 Å². The molecule has 1 aliphatic rings. The van der Waals surface area contributed by atoms with Gasteiger partial charge in [-0.15, -0.1) is 0 Å². The number of nitrogens with one attached hydrogen (secondary N) is 1. The van der Waals surface area contributed by atoms with Crippen molar-refractivity contribution in [3.05, 3.63) is 111 Å². The number of hydrogen-bond donors (Lipinski definition) is 2. The Bertz CT molecular complexity index is 1580. The lowest BCUT2D eigenvalue weighted by Gasteiger charge is -2.29. The number of aromatic carboxylic acids is 1. The molecule has 9 heteroatoms. The highest BCUT2D eigenvalue weighted by atomic mass is 16.5. The molecule has 228 valence electrons. The van der Waals surface area contributed by atoms with Gasteiger partial charge >= 0.3 is 5.97 Å². The molecule has 0 unspecified atom stereocenters. The molecule has 0 spiro atoms. The van der Waals surface area contributed by atoms with Crippen LogP contribution in [0.1, 0.15) is 63.3 Å². The second-order valence-corrected chi connectivity index (χ2v) is 10.5. The molecule has 44 heavy (non-hydrogen) atoms. The van der Waals surface area contributed by atoms with Crippen LogP contribution in [0, 0.1) is 25.2 Å². The molecule has 0 amide bonds. The third-order valence-electron chi connectivity index (χ3n) is 7.20. The van der Waals surface area contributed by atoms with E-state index in [2.05, 4.69) is 40.6 Å². The SMILES string of the molecule is CCOCC.Cc1cc(C#N)cc(C)c1Oc1nc(NCc2ccc(C(=O)O)cc2)nc2c1CN(Cc1ccccc1)CC2. The van der Waals surface area contributed by atoms with Crippen LogP contribution < -0.4 is 10.1 Å². The van der Waals surface area contributed by atoms with E-state index in [4.69, 9.17) is 24.5 Å². The number of carboxylic acids is 1. The summed E-state index contributed by atoms with van der Waals surface area (Å²) in [6.45, 7) is 12.3. The molecular formula is C35H39N5O4. The van der Waals surface area contributed by atoms with E-state index in [0.29, 0.717) is 36.2 Å². The summed E-state index contributed by atoms with van der Waals surface area (Å²) in [6, 6.07) is 22.9. The Morgan fingerprint density at radius 2 is 1.68 bits per heavy atom. The van der Waals surface area contributed by atoms with Crippen LogP contribution in [-0.4, -0.2) is 45.7 Å². The Morgan fingerprint density at radius 1 is 1.00 bits per heavy atom. The summed E-state index contributed by atoms with van der Waals surface area (Å²) in [5.41, 5.74) is 6.62. The monoisotopic (exact) mass is 593 g/mol. The molecule has 9 nitrogen and oxygen atoms in total. The molecule has 0 fully saturated rings. The van der Waals surface area contributed by atoms with Gasteiger partial charge in [0.05, 0.1) is 28.5 Å². The maximum absolute atomic E-state index is 11.2. The standard InChI is InChI=1S/C31H29N5O3.C4H10O/c1-20-14-24(16-32)15-21(2)28(20)39-29-26-19-36(18-23-6-4-3-5-7-23)13-12-27(26)34-31(35-29)33-17-22-8-10-25(11-9-22)30(37)38;1-3-5-4-2/h3-11,14-15H,12-13,17-19H2,1-2H3,(H,37,38)(H,33,34,35);3-4H2,1-2H3. The Kier molecular flexibility index (Phi) is 11.4. The van der Waals surface area contributed by atoms with Crippen LogP contribution in [0.4, 0.5) is 5.95 Å².